The molecule has 4 heterocycles. The van der Waals surface area contributed by atoms with Crippen LogP contribution in [0.15, 0.2) is 54.0 Å². The molecule has 0 radical (unpaired) electrons. The summed E-state index contributed by atoms with van der Waals surface area (Å²) in [6.07, 6.45) is -0.556. The normalized spacial score (nSPS) is 24.3. The molecule has 3 aromatic rings. The number of carbonyl (C=O) groups is 3. The van der Waals surface area contributed by atoms with Crippen LogP contribution in [-0.2, 0) is 21.2 Å². The molecule has 2 aromatic heterocycles. The summed E-state index contributed by atoms with van der Waals surface area (Å²) in [7, 11) is 0. The molecule has 282 valence electrons. The van der Waals surface area contributed by atoms with Crippen molar-refractivity contribution in [3.63, 3.8) is 0 Å². The molecular formula is C39H43F3N4O6S. The number of piperidine rings is 2. The molecule has 1 aliphatic carbocycles. The van der Waals surface area contributed by atoms with E-state index in [1.807, 2.05) is 32.0 Å². The molecule has 10 nitrogen and oxygen atoms in total. The number of thiophene rings is 1. The van der Waals surface area contributed by atoms with Crippen molar-refractivity contribution in [3.8, 4) is 17.6 Å². The molecule has 4 atom stereocenters. The van der Waals surface area contributed by atoms with E-state index in [4.69, 9.17) is 9.47 Å². The van der Waals surface area contributed by atoms with Gasteiger partial charge in [-0.15, -0.1) is 11.3 Å². The standard InChI is InChI=1S/C39H43F3N4O6S/c1-3-8-32-38(52-28-21-25(2)53-23-28,14-7-18-46(32)34(47)33-30(39(40,41)42)10-6-17-44-33)36(50)45-19-15-37(24-43,16-20-45)29-9-4-5-11-31(29)51-27-13-12-26(22-27)35(48)49/h4-6,9-11,17,21,23,26-27,32H,3,7-8,12-16,18-20,22H2,1-2H3,(H,48,49)/t26-,27-,32+,38-/m0/s1. The molecule has 3 fully saturated rings. The molecule has 14 heteroatoms. The molecule has 2 saturated heterocycles. The summed E-state index contributed by atoms with van der Waals surface area (Å²) in [5.74, 6) is -1.64. The number of nitriles is 1. The van der Waals surface area contributed by atoms with E-state index in [0.29, 0.717) is 55.6 Å². The van der Waals surface area contributed by atoms with E-state index in [2.05, 4.69) is 11.1 Å². The zero-order valence-corrected chi connectivity index (χ0v) is 30.5. The fraction of sp³-hybridized carbons (Fsp3) is 0.513. The van der Waals surface area contributed by atoms with Gasteiger partial charge in [-0.25, -0.2) is 0 Å². The van der Waals surface area contributed by atoms with Crippen molar-refractivity contribution >= 4 is 29.1 Å². The van der Waals surface area contributed by atoms with Gasteiger partial charge < -0.3 is 24.4 Å². The molecule has 2 amide bonds. The molecule has 1 saturated carbocycles. The van der Waals surface area contributed by atoms with Gasteiger partial charge in [-0.05, 0) is 76.1 Å². The number of para-hydroxylation sites is 1. The minimum Gasteiger partial charge on any atom is -0.490 e. The highest BCUT2D eigenvalue weighted by atomic mass is 32.1. The summed E-state index contributed by atoms with van der Waals surface area (Å²) in [4.78, 5) is 48.5. The van der Waals surface area contributed by atoms with Crippen molar-refractivity contribution in [2.75, 3.05) is 19.6 Å². The minimum atomic E-state index is -4.81. The molecule has 0 unspecified atom stereocenters. The Morgan fingerprint density at radius 2 is 1.85 bits per heavy atom. The van der Waals surface area contributed by atoms with Gasteiger partial charge >= 0.3 is 12.1 Å². The van der Waals surface area contributed by atoms with Crippen molar-refractivity contribution in [2.24, 2.45) is 5.92 Å². The molecule has 6 rings (SSSR count). The number of aryl methyl sites for hydroxylation is 1. The number of benzene rings is 1. The summed E-state index contributed by atoms with van der Waals surface area (Å²) in [5, 5.41) is 21.9. The fourth-order valence-electron chi connectivity index (χ4n) is 8.24. The first-order valence-corrected chi connectivity index (χ1v) is 19.0. The van der Waals surface area contributed by atoms with Gasteiger partial charge in [-0.2, -0.15) is 18.4 Å². The van der Waals surface area contributed by atoms with Crippen molar-refractivity contribution in [2.45, 2.75) is 101 Å². The number of amides is 2. The Morgan fingerprint density at radius 1 is 1.09 bits per heavy atom. The topological polar surface area (TPSA) is 133 Å². The fourth-order valence-corrected chi connectivity index (χ4v) is 8.85. The number of halogens is 3. The highest BCUT2D eigenvalue weighted by Crippen LogP contribution is 2.44. The largest absolute Gasteiger partial charge is 0.490 e. The third-order valence-corrected chi connectivity index (χ3v) is 11.8. The van der Waals surface area contributed by atoms with Crippen molar-refractivity contribution in [3.05, 3.63) is 75.7 Å². The maximum Gasteiger partial charge on any atom is 0.418 e. The van der Waals surface area contributed by atoms with Gasteiger partial charge in [0.15, 0.2) is 0 Å². The van der Waals surface area contributed by atoms with E-state index in [-0.39, 0.29) is 50.9 Å². The monoisotopic (exact) mass is 752 g/mol. The summed E-state index contributed by atoms with van der Waals surface area (Å²) >= 11 is 1.43. The lowest BCUT2D eigenvalue weighted by atomic mass is 9.72. The highest BCUT2D eigenvalue weighted by Gasteiger charge is 2.56. The molecule has 53 heavy (non-hydrogen) atoms. The Morgan fingerprint density at radius 3 is 2.49 bits per heavy atom. The number of carboxylic acids is 1. The molecule has 0 bridgehead atoms. The van der Waals surface area contributed by atoms with Gasteiger partial charge in [0.05, 0.1) is 35.1 Å². The first-order valence-electron chi connectivity index (χ1n) is 18.1. The zero-order valence-electron chi connectivity index (χ0n) is 29.7. The lowest BCUT2D eigenvalue weighted by Gasteiger charge is -2.51. The van der Waals surface area contributed by atoms with E-state index in [1.165, 1.54) is 16.2 Å². The Balaban J connectivity index is 1.30. The molecule has 0 spiro atoms. The highest BCUT2D eigenvalue weighted by molar-refractivity contribution is 7.10. The van der Waals surface area contributed by atoms with Crippen LogP contribution < -0.4 is 9.47 Å². The van der Waals surface area contributed by atoms with Gasteiger partial charge in [0.1, 0.15) is 17.2 Å². The number of hydrogen-bond donors (Lipinski definition) is 1. The number of likely N-dealkylation sites (tertiary alicyclic amines) is 2. The number of alkyl halides is 3. The zero-order chi connectivity index (χ0) is 38.0. The first kappa shape index (κ1) is 38.1. The Hall–Kier alpha value is -4.64. The van der Waals surface area contributed by atoms with Crippen LogP contribution in [-0.4, -0.2) is 75.1 Å². The van der Waals surface area contributed by atoms with Crippen LogP contribution in [0.2, 0.25) is 0 Å². The van der Waals surface area contributed by atoms with Crippen LogP contribution in [0, 0.1) is 24.2 Å². The molecule has 2 aliphatic heterocycles. The predicted molar refractivity (Wildman–Crippen MR) is 190 cm³/mol. The van der Waals surface area contributed by atoms with Crippen LogP contribution in [0.1, 0.15) is 91.2 Å². The molecule has 3 aliphatic rings. The van der Waals surface area contributed by atoms with Gasteiger partial charge in [0.2, 0.25) is 5.60 Å². The SMILES string of the molecule is CCC[C@H]1N(C(=O)c2ncccc2C(F)(F)F)CCC[C@@]1(Oc1csc(C)c1)C(=O)N1CCC(C#N)(c2ccccc2O[C@H]2CC[C@H](C(=O)O)C2)CC1. The number of rotatable bonds is 10. The van der Waals surface area contributed by atoms with E-state index >= 15 is 4.79 Å². The Kier molecular flexibility index (Phi) is 11.1. The smallest absolute Gasteiger partial charge is 0.418 e. The average molecular weight is 753 g/mol. The summed E-state index contributed by atoms with van der Waals surface area (Å²) in [5.41, 5.74) is -3.78. The molecule has 1 aromatic carbocycles. The maximum absolute atomic E-state index is 15.0. The Labute approximate surface area is 310 Å². The first-order chi connectivity index (χ1) is 25.3. The van der Waals surface area contributed by atoms with Gasteiger partial charge in [-0.3, -0.25) is 19.4 Å². The quantitative estimate of drug-likeness (QED) is 0.227. The number of hydrogen-bond acceptors (Lipinski definition) is 8. The van der Waals surface area contributed by atoms with Gasteiger partial charge in [0, 0.05) is 48.1 Å². The van der Waals surface area contributed by atoms with Crippen LogP contribution in [0.5, 0.6) is 11.5 Å². The third-order valence-electron chi connectivity index (χ3n) is 10.9. The lowest BCUT2D eigenvalue weighted by molar-refractivity contribution is -0.160. The van der Waals surface area contributed by atoms with E-state index < -0.39 is 52.3 Å². The molecular weight excluding hydrogens is 710 g/mol. The predicted octanol–water partition coefficient (Wildman–Crippen LogP) is 7.41. The summed E-state index contributed by atoms with van der Waals surface area (Å²) in [6.45, 7) is 4.28. The third kappa shape index (κ3) is 7.58. The molecule has 1 N–H and O–H groups in total. The maximum atomic E-state index is 15.0. The summed E-state index contributed by atoms with van der Waals surface area (Å²) in [6, 6.07) is 12.7. The number of ether oxygens (including phenoxy) is 2. The summed E-state index contributed by atoms with van der Waals surface area (Å²) < 4.78 is 55.2. The second-order valence-electron chi connectivity index (χ2n) is 14.3. The Bertz CT molecular complexity index is 1870. The van der Waals surface area contributed by atoms with E-state index in [0.717, 1.165) is 23.2 Å². The number of aliphatic carboxylic acids is 1. The number of pyridine rings is 1. The number of nitrogens with zero attached hydrogens (tertiary/aromatic N) is 4. The number of carbonyl (C=O) groups excluding carboxylic acids is 2. The van der Waals surface area contributed by atoms with Crippen molar-refractivity contribution in [1.82, 2.24) is 14.8 Å². The van der Waals surface area contributed by atoms with Crippen LogP contribution in [0.3, 0.4) is 0 Å². The van der Waals surface area contributed by atoms with Gasteiger partial charge in [0.25, 0.3) is 11.8 Å². The van der Waals surface area contributed by atoms with E-state index in [9.17, 15) is 33.1 Å². The number of aromatic nitrogens is 1. The second-order valence-corrected chi connectivity index (χ2v) is 15.4. The van der Waals surface area contributed by atoms with Crippen LogP contribution >= 0.6 is 11.3 Å². The lowest BCUT2D eigenvalue weighted by Crippen LogP contribution is -2.68. The van der Waals surface area contributed by atoms with Crippen molar-refractivity contribution < 1.29 is 42.1 Å². The van der Waals surface area contributed by atoms with Crippen molar-refractivity contribution in [1.29, 1.82) is 5.26 Å². The number of carboxylic acid groups (broad SMARTS) is 1. The van der Waals surface area contributed by atoms with Crippen LogP contribution in [0.4, 0.5) is 13.2 Å². The van der Waals surface area contributed by atoms with Crippen LogP contribution in [0.25, 0.3) is 0 Å². The van der Waals surface area contributed by atoms with E-state index in [1.54, 1.807) is 22.4 Å². The average Bonchev–Trinajstić information content (AvgIpc) is 3.80. The van der Waals surface area contributed by atoms with Gasteiger partial charge in [-0.1, -0.05) is 31.5 Å². The second kappa shape index (κ2) is 15.4. The minimum absolute atomic E-state index is 0.126.